The Morgan fingerprint density at radius 3 is 2.70 bits per heavy atom. The average Bonchev–Trinajstić information content (AvgIpc) is 2.79. The van der Waals surface area contributed by atoms with Crippen molar-refractivity contribution in [3.63, 3.8) is 0 Å². The molecule has 0 atom stereocenters. The molecule has 158 valence electrons. The first-order valence-corrected chi connectivity index (χ1v) is 9.84. The summed E-state index contributed by atoms with van der Waals surface area (Å²) < 4.78 is 5.24. The van der Waals surface area contributed by atoms with Gasteiger partial charge >= 0.3 is 0 Å². The van der Waals surface area contributed by atoms with Gasteiger partial charge in [-0.3, -0.25) is 0 Å². The lowest BCUT2D eigenvalue weighted by Crippen LogP contribution is -2.22. The van der Waals surface area contributed by atoms with E-state index in [1.165, 1.54) is 0 Å². The molecule has 0 radical (unpaired) electrons. The number of aliphatic hydroxyl groups is 1. The zero-order chi connectivity index (χ0) is 21.3. The molecular formula is C22H28N6O2. The number of anilines is 3. The van der Waals surface area contributed by atoms with Gasteiger partial charge in [-0.05, 0) is 56.4 Å². The molecule has 0 saturated heterocycles. The predicted molar refractivity (Wildman–Crippen MR) is 119 cm³/mol. The molecule has 0 aliphatic heterocycles. The van der Waals surface area contributed by atoms with Gasteiger partial charge < -0.3 is 25.4 Å². The first kappa shape index (κ1) is 21.5. The van der Waals surface area contributed by atoms with E-state index in [1.54, 1.807) is 19.4 Å². The molecular weight excluding hydrogens is 380 g/mol. The largest absolute Gasteiger partial charge is 0.496 e. The number of rotatable bonds is 10. The van der Waals surface area contributed by atoms with Crippen LogP contribution in [0.25, 0.3) is 11.3 Å². The highest BCUT2D eigenvalue weighted by Crippen LogP contribution is 2.25. The van der Waals surface area contributed by atoms with Gasteiger partial charge in [-0.2, -0.15) is 0 Å². The third kappa shape index (κ3) is 5.43. The minimum absolute atomic E-state index is 0.110. The second-order valence-electron chi connectivity index (χ2n) is 6.86. The number of ether oxygens (including phenoxy) is 1. The van der Waals surface area contributed by atoms with E-state index < -0.39 is 0 Å². The van der Waals surface area contributed by atoms with Crippen LogP contribution in [0.2, 0.25) is 0 Å². The Balaban J connectivity index is 1.72. The lowest BCUT2D eigenvalue weighted by molar-refractivity contribution is 0.274. The minimum atomic E-state index is -0.110. The Morgan fingerprint density at radius 1 is 1.13 bits per heavy atom. The number of methoxy groups -OCH3 is 1. The quantitative estimate of drug-likeness (QED) is 0.441. The summed E-state index contributed by atoms with van der Waals surface area (Å²) in [6.07, 6.45) is 4.59. The van der Waals surface area contributed by atoms with E-state index in [-0.39, 0.29) is 6.61 Å². The van der Waals surface area contributed by atoms with E-state index in [2.05, 4.69) is 30.5 Å². The maximum Gasteiger partial charge on any atom is 0.227 e. The number of aliphatic hydroxyl groups excluding tert-OH is 1. The molecule has 0 aliphatic rings. The number of aromatic nitrogens is 3. The van der Waals surface area contributed by atoms with E-state index in [0.717, 1.165) is 42.3 Å². The van der Waals surface area contributed by atoms with Crippen LogP contribution in [0.4, 0.5) is 17.5 Å². The van der Waals surface area contributed by atoms with Crippen LogP contribution in [0.3, 0.4) is 0 Å². The van der Waals surface area contributed by atoms with Crippen molar-refractivity contribution in [2.24, 2.45) is 0 Å². The average molecular weight is 409 g/mol. The first-order valence-electron chi connectivity index (χ1n) is 9.84. The molecule has 8 heteroatoms. The normalized spacial score (nSPS) is 10.7. The monoisotopic (exact) mass is 408 g/mol. The standard InChI is InChI=1S/C22H28N6O2/c1-23-10-4-12-28(2)21-8-5-16(14-25-21)19-9-11-24-22(27-19)26-18-6-7-20(30-3)17(13-18)15-29/h5-9,11,13-14,23,29H,4,10,12,15H2,1-3H3,(H,24,26,27). The highest BCUT2D eigenvalue weighted by Gasteiger charge is 2.08. The summed E-state index contributed by atoms with van der Waals surface area (Å²) >= 11 is 0. The van der Waals surface area contributed by atoms with Gasteiger partial charge in [-0.15, -0.1) is 0 Å². The van der Waals surface area contributed by atoms with Gasteiger partial charge in [0.15, 0.2) is 0 Å². The molecule has 3 N–H and O–H groups in total. The van der Waals surface area contributed by atoms with E-state index in [0.29, 0.717) is 17.3 Å². The Hall–Kier alpha value is -3.23. The second-order valence-corrected chi connectivity index (χ2v) is 6.86. The van der Waals surface area contributed by atoms with Crippen molar-refractivity contribution in [1.29, 1.82) is 0 Å². The van der Waals surface area contributed by atoms with Crippen LogP contribution in [0.15, 0.2) is 48.8 Å². The van der Waals surface area contributed by atoms with Crippen molar-refractivity contribution in [1.82, 2.24) is 20.3 Å². The molecule has 2 aromatic heterocycles. The Morgan fingerprint density at radius 2 is 2.00 bits per heavy atom. The third-order valence-electron chi connectivity index (χ3n) is 4.72. The van der Waals surface area contributed by atoms with Crippen LogP contribution < -0.4 is 20.3 Å². The Bertz CT molecular complexity index is 949. The van der Waals surface area contributed by atoms with Gasteiger partial charge in [0.1, 0.15) is 11.6 Å². The highest BCUT2D eigenvalue weighted by molar-refractivity contribution is 5.63. The van der Waals surface area contributed by atoms with Gasteiger partial charge in [0.2, 0.25) is 5.95 Å². The predicted octanol–water partition coefficient (Wildman–Crippen LogP) is 2.83. The molecule has 0 spiro atoms. The lowest BCUT2D eigenvalue weighted by Gasteiger charge is -2.18. The molecule has 0 bridgehead atoms. The number of benzene rings is 1. The van der Waals surface area contributed by atoms with Crippen LogP contribution in [0, 0.1) is 0 Å². The molecule has 3 rings (SSSR count). The van der Waals surface area contributed by atoms with Gasteiger partial charge in [0.05, 0.1) is 19.4 Å². The van der Waals surface area contributed by atoms with Crippen molar-refractivity contribution in [3.8, 4) is 17.0 Å². The van der Waals surface area contributed by atoms with Crippen LogP contribution in [-0.2, 0) is 6.61 Å². The fourth-order valence-electron chi connectivity index (χ4n) is 3.06. The molecule has 0 fully saturated rings. The maximum atomic E-state index is 9.50. The van der Waals surface area contributed by atoms with E-state index in [4.69, 9.17) is 4.74 Å². The van der Waals surface area contributed by atoms with Gasteiger partial charge in [0.25, 0.3) is 0 Å². The molecule has 0 aliphatic carbocycles. The Labute approximate surface area is 177 Å². The molecule has 3 aromatic rings. The van der Waals surface area contributed by atoms with Crippen molar-refractivity contribution in [3.05, 3.63) is 54.4 Å². The summed E-state index contributed by atoms with van der Waals surface area (Å²) in [6, 6.07) is 11.3. The highest BCUT2D eigenvalue weighted by atomic mass is 16.5. The third-order valence-corrected chi connectivity index (χ3v) is 4.72. The van der Waals surface area contributed by atoms with E-state index in [1.807, 2.05) is 50.6 Å². The van der Waals surface area contributed by atoms with Crippen molar-refractivity contribution in [2.45, 2.75) is 13.0 Å². The summed E-state index contributed by atoms with van der Waals surface area (Å²) in [5.41, 5.74) is 3.16. The van der Waals surface area contributed by atoms with Crippen molar-refractivity contribution in [2.75, 3.05) is 44.5 Å². The summed E-state index contributed by atoms with van der Waals surface area (Å²) in [6.45, 7) is 1.81. The van der Waals surface area contributed by atoms with Crippen LogP contribution in [0.1, 0.15) is 12.0 Å². The number of nitrogens with one attached hydrogen (secondary N) is 2. The second kappa shape index (κ2) is 10.5. The van der Waals surface area contributed by atoms with Crippen LogP contribution in [0.5, 0.6) is 5.75 Å². The van der Waals surface area contributed by atoms with E-state index in [9.17, 15) is 5.11 Å². The van der Waals surface area contributed by atoms with Crippen LogP contribution in [-0.4, -0.2) is 54.4 Å². The number of hydrogen-bond donors (Lipinski definition) is 3. The first-order chi connectivity index (χ1) is 14.6. The lowest BCUT2D eigenvalue weighted by atomic mass is 10.2. The van der Waals surface area contributed by atoms with Crippen molar-refractivity contribution >= 4 is 17.5 Å². The molecule has 8 nitrogen and oxygen atoms in total. The fourth-order valence-corrected chi connectivity index (χ4v) is 3.06. The zero-order valence-corrected chi connectivity index (χ0v) is 17.6. The molecule has 0 amide bonds. The minimum Gasteiger partial charge on any atom is -0.496 e. The molecule has 0 saturated carbocycles. The Kier molecular flexibility index (Phi) is 7.53. The fraction of sp³-hybridized carbons (Fsp3) is 0.318. The molecule has 0 unspecified atom stereocenters. The SMILES string of the molecule is CNCCCN(C)c1ccc(-c2ccnc(Nc3ccc(OC)c(CO)c3)n2)cn1. The summed E-state index contributed by atoms with van der Waals surface area (Å²) in [5.74, 6) is 2.03. The summed E-state index contributed by atoms with van der Waals surface area (Å²) in [7, 11) is 5.58. The van der Waals surface area contributed by atoms with Crippen LogP contribution >= 0.6 is 0 Å². The van der Waals surface area contributed by atoms with Gasteiger partial charge in [-0.25, -0.2) is 15.0 Å². The summed E-state index contributed by atoms with van der Waals surface area (Å²) in [5, 5.41) is 15.8. The smallest absolute Gasteiger partial charge is 0.227 e. The van der Waals surface area contributed by atoms with E-state index >= 15 is 0 Å². The molecule has 1 aromatic carbocycles. The topological polar surface area (TPSA) is 95.4 Å². The van der Waals surface area contributed by atoms with Crippen molar-refractivity contribution < 1.29 is 9.84 Å². The number of nitrogens with zero attached hydrogens (tertiary/aromatic N) is 4. The molecule has 2 heterocycles. The maximum absolute atomic E-state index is 9.50. The van der Waals surface area contributed by atoms with Gasteiger partial charge in [-0.1, -0.05) is 0 Å². The zero-order valence-electron chi connectivity index (χ0n) is 17.6. The summed E-state index contributed by atoms with van der Waals surface area (Å²) in [4.78, 5) is 15.6. The number of hydrogen-bond acceptors (Lipinski definition) is 8. The molecule has 30 heavy (non-hydrogen) atoms. The number of pyridine rings is 1. The van der Waals surface area contributed by atoms with Gasteiger partial charge in [0, 0.05) is 42.8 Å².